The van der Waals surface area contributed by atoms with E-state index in [9.17, 15) is 45.1 Å². The van der Waals surface area contributed by atoms with Gasteiger partial charge in [0.25, 0.3) is 5.91 Å². The molecule has 2 unspecified atom stereocenters. The van der Waals surface area contributed by atoms with Crippen LogP contribution in [-0.4, -0.2) is 50.9 Å². The number of carbonyl (C=O) groups excluding carboxylic acids is 3. The minimum Gasteiger partial charge on any atom is -0.467 e. The number of esters is 2. The second-order valence-corrected chi connectivity index (χ2v) is 11.8. The second-order valence-electron chi connectivity index (χ2n) is 11.4. The van der Waals surface area contributed by atoms with Crippen LogP contribution in [0.2, 0.25) is 0 Å². The summed E-state index contributed by atoms with van der Waals surface area (Å²) < 4.78 is 106. The lowest BCUT2D eigenvalue weighted by atomic mass is 10.1. The molecule has 3 rings (SSSR count). The molecule has 3 atom stereocenters. The Balaban J connectivity index is 0.000000343. The summed E-state index contributed by atoms with van der Waals surface area (Å²) in [6.07, 6.45) is -4.11. The van der Waals surface area contributed by atoms with Gasteiger partial charge >= 0.3 is 18.1 Å². The summed E-state index contributed by atoms with van der Waals surface area (Å²) >= 11 is 5.15. The van der Waals surface area contributed by atoms with Crippen LogP contribution in [0.25, 0.3) is 0 Å². The maximum Gasteiger partial charge on any atom is 0.426 e. The molecule has 1 aliphatic rings. The summed E-state index contributed by atoms with van der Waals surface area (Å²) in [6.45, 7) is 8.04. The van der Waals surface area contributed by atoms with E-state index in [-0.39, 0.29) is 12.5 Å². The molecule has 1 fully saturated rings. The Morgan fingerprint density at radius 3 is 1.94 bits per heavy atom. The normalized spacial score (nSPS) is 17.7. The van der Waals surface area contributed by atoms with Gasteiger partial charge in [0.05, 0.1) is 24.3 Å². The number of methoxy groups -OCH3 is 2. The molecule has 0 spiro atoms. The van der Waals surface area contributed by atoms with Crippen molar-refractivity contribution < 1.29 is 59.3 Å². The van der Waals surface area contributed by atoms with E-state index in [1.165, 1.54) is 33.0 Å². The number of amides is 1. The van der Waals surface area contributed by atoms with E-state index in [2.05, 4.69) is 0 Å². The number of hydrogen-bond acceptors (Lipinski definition) is 6. The van der Waals surface area contributed by atoms with Crippen LogP contribution in [-0.2, 0) is 35.2 Å². The number of para-hydroxylation sites is 1. The number of ether oxygens (including phenoxy) is 3. The summed E-state index contributed by atoms with van der Waals surface area (Å²) in [7, 11) is 2.76. The Morgan fingerprint density at radius 2 is 1.49 bits per heavy atom. The van der Waals surface area contributed by atoms with Crippen LogP contribution in [0.5, 0.6) is 0 Å². The van der Waals surface area contributed by atoms with Crippen molar-refractivity contribution in [3.8, 4) is 0 Å². The number of alkyl halides is 3. The molecule has 0 heterocycles. The third-order valence-electron chi connectivity index (χ3n) is 7.84. The summed E-state index contributed by atoms with van der Waals surface area (Å²) in [5, 5.41) is -1.41. The molecular weight excluding hydrogens is 663 g/mol. The van der Waals surface area contributed by atoms with Crippen LogP contribution in [0.15, 0.2) is 29.3 Å². The molecular formula is C32H35ClF7NO6. The van der Waals surface area contributed by atoms with Crippen LogP contribution in [0.3, 0.4) is 0 Å². The van der Waals surface area contributed by atoms with Gasteiger partial charge in [0.1, 0.15) is 24.3 Å². The molecule has 0 saturated heterocycles. The molecule has 0 aromatic heterocycles. The zero-order valence-corrected chi connectivity index (χ0v) is 27.6. The number of allylic oxidation sites excluding steroid dienone is 2. The van der Waals surface area contributed by atoms with Gasteiger partial charge in [-0.05, 0) is 50.2 Å². The van der Waals surface area contributed by atoms with Crippen molar-refractivity contribution in [3.05, 3.63) is 74.8 Å². The number of nitrogens with zero attached hydrogens (tertiary/aromatic N) is 1. The van der Waals surface area contributed by atoms with E-state index in [4.69, 9.17) is 25.8 Å². The summed E-state index contributed by atoms with van der Waals surface area (Å²) in [6, 6.07) is 5.01. The summed E-state index contributed by atoms with van der Waals surface area (Å²) in [5.74, 6) is -10.4. The van der Waals surface area contributed by atoms with E-state index in [0.717, 1.165) is 23.7 Å². The number of halogens is 8. The molecule has 0 bridgehead atoms. The Kier molecular flexibility index (Phi) is 13.0. The first-order chi connectivity index (χ1) is 21.6. The Bertz CT molecular complexity index is 1490. The first kappa shape index (κ1) is 39.5. The van der Waals surface area contributed by atoms with Crippen molar-refractivity contribution in [2.24, 2.45) is 17.3 Å². The molecule has 260 valence electrons. The van der Waals surface area contributed by atoms with E-state index in [0.29, 0.717) is 6.08 Å². The van der Waals surface area contributed by atoms with E-state index >= 15 is 0 Å². The van der Waals surface area contributed by atoms with Crippen LogP contribution in [0.1, 0.15) is 43.0 Å². The molecule has 0 N–H and O–H groups in total. The molecule has 2 aromatic carbocycles. The molecule has 0 radical (unpaired) electrons. The minimum absolute atomic E-state index is 0.0882. The molecule has 47 heavy (non-hydrogen) atoms. The average Bonchev–Trinajstić information content (AvgIpc) is 3.54. The van der Waals surface area contributed by atoms with Crippen LogP contribution >= 0.6 is 11.6 Å². The number of aryl methyl sites for hydroxylation is 2. The molecule has 7 nitrogen and oxygen atoms in total. The third-order valence-corrected chi connectivity index (χ3v) is 8.18. The van der Waals surface area contributed by atoms with Crippen molar-refractivity contribution in [2.45, 2.75) is 60.4 Å². The van der Waals surface area contributed by atoms with Gasteiger partial charge in [-0.1, -0.05) is 49.7 Å². The van der Waals surface area contributed by atoms with Gasteiger partial charge in [0, 0.05) is 12.7 Å². The van der Waals surface area contributed by atoms with Gasteiger partial charge in [0.15, 0.2) is 23.3 Å². The fourth-order valence-electron chi connectivity index (χ4n) is 5.03. The lowest BCUT2D eigenvalue weighted by molar-refractivity contribution is -0.147. The lowest BCUT2D eigenvalue weighted by Crippen LogP contribution is -2.46. The molecule has 1 saturated carbocycles. The van der Waals surface area contributed by atoms with Crippen LogP contribution in [0, 0.1) is 61.3 Å². The van der Waals surface area contributed by atoms with E-state index in [1.54, 1.807) is 6.92 Å². The largest absolute Gasteiger partial charge is 0.467 e. The number of benzene rings is 2. The molecule has 2 aromatic rings. The van der Waals surface area contributed by atoms with Gasteiger partial charge in [-0.25, -0.2) is 22.4 Å². The second kappa shape index (κ2) is 15.5. The van der Waals surface area contributed by atoms with Gasteiger partial charge in [-0.2, -0.15) is 13.2 Å². The lowest BCUT2D eigenvalue weighted by Gasteiger charge is -2.30. The molecule has 0 aliphatic heterocycles. The van der Waals surface area contributed by atoms with Crippen molar-refractivity contribution in [1.29, 1.82) is 0 Å². The predicted molar refractivity (Wildman–Crippen MR) is 158 cm³/mol. The van der Waals surface area contributed by atoms with Crippen LogP contribution < -0.4 is 4.90 Å². The van der Waals surface area contributed by atoms with Crippen molar-refractivity contribution in [2.75, 3.05) is 25.7 Å². The fraction of sp³-hybridized carbons (Fsp3) is 0.469. The highest BCUT2D eigenvalue weighted by Gasteiger charge is 2.62. The Hall–Kier alpha value is -3.65. The smallest absolute Gasteiger partial charge is 0.426 e. The van der Waals surface area contributed by atoms with Gasteiger partial charge < -0.3 is 14.2 Å². The van der Waals surface area contributed by atoms with Gasteiger partial charge in [-0.3, -0.25) is 14.5 Å². The number of carbonyl (C=O) groups is 3. The van der Waals surface area contributed by atoms with Crippen molar-refractivity contribution in [1.82, 2.24) is 0 Å². The van der Waals surface area contributed by atoms with E-state index in [1.807, 2.05) is 32.0 Å². The molecule has 15 heteroatoms. The van der Waals surface area contributed by atoms with Gasteiger partial charge in [-0.15, -0.1) is 0 Å². The van der Waals surface area contributed by atoms with Crippen molar-refractivity contribution in [3.63, 3.8) is 0 Å². The molecule has 1 amide bonds. The first-order valence-corrected chi connectivity index (χ1v) is 14.4. The maximum absolute atomic E-state index is 13.8. The monoisotopic (exact) mass is 697 g/mol. The van der Waals surface area contributed by atoms with Crippen LogP contribution in [0.4, 0.5) is 36.4 Å². The Labute approximate surface area is 272 Å². The summed E-state index contributed by atoms with van der Waals surface area (Å²) in [4.78, 5) is 37.6. The third kappa shape index (κ3) is 8.83. The highest BCUT2D eigenvalue weighted by Crippen LogP contribution is 2.60. The SMILES string of the molecule is COCC(=O)N(c1c(C)cccc1C)[C@H](C)C(=O)OC.Cc1c(F)c(F)c(COC(=O)C2C(/C=C(\Cl)C(F)(F)F)C2(C)C)c(F)c1F. The highest BCUT2D eigenvalue weighted by molar-refractivity contribution is 6.30. The quantitative estimate of drug-likeness (QED) is 0.154. The Morgan fingerprint density at radius 1 is 0.979 bits per heavy atom. The maximum atomic E-state index is 13.8. The highest BCUT2D eigenvalue weighted by atomic mass is 35.5. The van der Waals surface area contributed by atoms with E-state index < -0.39 is 87.4 Å². The topological polar surface area (TPSA) is 82.1 Å². The van der Waals surface area contributed by atoms with Crippen molar-refractivity contribution >= 4 is 35.1 Å². The number of rotatable bonds is 9. The summed E-state index contributed by atoms with van der Waals surface area (Å²) in [5.41, 5.74) is -0.357. The number of anilines is 1. The first-order valence-electron chi connectivity index (χ1n) is 14.0. The molecule has 1 aliphatic carbocycles. The predicted octanol–water partition coefficient (Wildman–Crippen LogP) is 7.40. The zero-order valence-electron chi connectivity index (χ0n) is 26.9. The van der Waals surface area contributed by atoms with Gasteiger partial charge in [0.2, 0.25) is 0 Å². The standard InChI is InChI=1S/C17H14ClF7O2.C15H21NO4/c1-6-11(19)13(21)7(14(22)12(6)20)5-27-15(26)10-8(16(10,2)3)4-9(18)17(23,24)25;1-10-7-6-8-11(2)14(10)16(13(17)9-19-4)12(3)15(18)20-5/h4,8,10H,5H2,1-3H3;6-8,12H,9H2,1-5H3/b9-4-;/t;12-/m.1/s1. The minimum atomic E-state index is -4.78. The zero-order chi connectivity index (χ0) is 36.2. The number of hydrogen-bond donors (Lipinski definition) is 0. The average molecular weight is 698 g/mol. The fourth-order valence-corrected chi connectivity index (χ4v) is 5.16.